The first-order valence-corrected chi connectivity index (χ1v) is 7.52. The summed E-state index contributed by atoms with van der Waals surface area (Å²) in [7, 11) is 0. The number of halogens is 1. The minimum Gasteiger partial charge on any atom is -0.375 e. The van der Waals surface area contributed by atoms with Crippen molar-refractivity contribution in [2.75, 3.05) is 6.61 Å². The van der Waals surface area contributed by atoms with E-state index >= 15 is 0 Å². The van der Waals surface area contributed by atoms with E-state index in [4.69, 9.17) is 4.74 Å². The molecule has 0 amide bonds. The number of nitrogens with one attached hydrogen (secondary N) is 1. The van der Waals surface area contributed by atoms with E-state index in [1.165, 1.54) is 5.56 Å². The molecule has 2 rings (SSSR count). The molecule has 0 bridgehead atoms. The van der Waals surface area contributed by atoms with Crippen molar-refractivity contribution in [3.8, 4) is 0 Å². The number of rotatable bonds is 4. The van der Waals surface area contributed by atoms with Crippen LogP contribution in [0.15, 0.2) is 28.7 Å². The fourth-order valence-corrected chi connectivity index (χ4v) is 2.68. The number of hydrogen-bond acceptors (Lipinski definition) is 2. The molecule has 1 aromatic carbocycles. The van der Waals surface area contributed by atoms with Gasteiger partial charge in [-0.25, -0.2) is 0 Å². The van der Waals surface area contributed by atoms with Gasteiger partial charge in [0.2, 0.25) is 0 Å². The average Bonchev–Trinajstić information content (AvgIpc) is 2.38. The zero-order valence-corrected chi connectivity index (χ0v) is 12.8. The second kappa shape index (κ2) is 6.18. The molecule has 2 atom stereocenters. The van der Waals surface area contributed by atoms with Crippen LogP contribution in [-0.4, -0.2) is 18.2 Å². The van der Waals surface area contributed by atoms with E-state index < -0.39 is 0 Å². The monoisotopic (exact) mass is 311 g/mol. The molecule has 1 aliphatic rings. The molecule has 2 unspecified atom stereocenters. The lowest BCUT2D eigenvalue weighted by Gasteiger charge is -2.38. The Morgan fingerprint density at radius 2 is 2.11 bits per heavy atom. The normalized spacial score (nSPS) is 28.3. The summed E-state index contributed by atoms with van der Waals surface area (Å²) < 4.78 is 7.00. The van der Waals surface area contributed by atoms with Crippen LogP contribution in [0.3, 0.4) is 0 Å². The molecular formula is C15H22BrNO. The molecule has 1 saturated heterocycles. The molecule has 1 aliphatic heterocycles. The first-order chi connectivity index (χ1) is 8.61. The zero-order valence-electron chi connectivity index (χ0n) is 11.2. The summed E-state index contributed by atoms with van der Waals surface area (Å²) in [4.78, 5) is 0. The van der Waals surface area contributed by atoms with Gasteiger partial charge in [-0.15, -0.1) is 0 Å². The lowest BCUT2D eigenvalue weighted by Crippen LogP contribution is -2.44. The second-order valence-electron chi connectivity index (χ2n) is 5.35. The van der Waals surface area contributed by atoms with Gasteiger partial charge in [-0.3, -0.25) is 0 Å². The molecule has 2 nitrogen and oxygen atoms in total. The fraction of sp³-hybridized carbons (Fsp3) is 0.600. The van der Waals surface area contributed by atoms with E-state index in [0.717, 1.165) is 36.9 Å². The highest BCUT2D eigenvalue weighted by Gasteiger charge is 2.31. The van der Waals surface area contributed by atoms with Crippen molar-refractivity contribution >= 4 is 15.9 Å². The van der Waals surface area contributed by atoms with Crippen LogP contribution in [0.5, 0.6) is 0 Å². The highest BCUT2D eigenvalue weighted by Crippen LogP contribution is 2.27. The van der Waals surface area contributed by atoms with Crippen molar-refractivity contribution in [2.45, 2.75) is 51.3 Å². The highest BCUT2D eigenvalue weighted by atomic mass is 79.9. The molecule has 18 heavy (non-hydrogen) atoms. The Balaban J connectivity index is 1.85. The molecule has 0 aromatic heterocycles. The van der Waals surface area contributed by atoms with Gasteiger partial charge < -0.3 is 10.1 Å². The number of hydrogen-bond donors (Lipinski definition) is 1. The van der Waals surface area contributed by atoms with Gasteiger partial charge in [-0.05, 0) is 43.9 Å². The molecule has 3 heteroatoms. The lowest BCUT2D eigenvalue weighted by molar-refractivity contribution is -0.0781. The predicted molar refractivity (Wildman–Crippen MR) is 78.7 cm³/mol. The molecule has 100 valence electrons. The Morgan fingerprint density at radius 3 is 2.78 bits per heavy atom. The van der Waals surface area contributed by atoms with Crippen molar-refractivity contribution in [3.63, 3.8) is 0 Å². The topological polar surface area (TPSA) is 21.3 Å². The van der Waals surface area contributed by atoms with E-state index in [9.17, 15) is 0 Å². The molecule has 1 fully saturated rings. The predicted octanol–water partition coefficient (Wildman–Crippen LogP) is 3.89. The minimum atomic E-state index is 0.0651. The van der Waals surface area contributed by atoms with Crippen LogP contribution < -0.4 is 5.32 Å². The van der Waals surface area contributed by atoms with E-state index in [1.54, 1.807) is 0 Å². The number of ether oxygens (including phenoxy) is 1. The quantitative estimate of drug-likeness (QED) is 0.911. The van der Waals surface area contributed by atoms with Gasteiger partial charge in [-0.1, -0.05) is 35.0 Å². The van der Waals surface area contributed by atoms with E-state index in [0.29, 0.717) is 6.04 Å². The van der Waals surface area contributed by atoms with Gasteiger partial charge in [0.05, 0.1) is 5.60 Å². The molecule has 1 aromatic rings. The minimum absolute atomic E-state index is 0.0651. The van der Waals surface area contributed by atoms with Crippen LogP contribution in [0, 0.1) is 0 Å². The summed E-state index contributed by atoms with van der Waals surface area (Å²) in [6.07, 6.45) is 3.32. The van der Waals surface area contributed by atoms with Crippen LogP contribution in [0.2, 0.25) is 0 Å². The van der Waals surface area contributed by atoms with E-state index in [-0.39, 0.29) is 5.60 Å². The van der Waals surface area contributed by atoms with Crippen LogP contribution in [0.1, 0.15) is 38.7 Å². The maximum atomic E-state index is 5.87. The smallest absolute Gasteiger partial charge is 0.0666 e. The van der Waals surface area contributed by atoms with Crippen LogP contribution in [0.25, 0.3) is 0 Å². The van der Waals surface area contributed by atoms with Gasteiger partial charge in [0.25, 0.3) is 0 Å². The summed E-state index contributed by atoms with van der Waals surface area (Å²) in [5, 5.41) is 3.65. The van der Waals surface area contributed by atoms with Crippen molar-refractivity contribution in [3.05, 3.63) is 34.3 Å². The third-order valence-electron chi connectivity index (χ3n) is 3.85. The highest BCUT2D eigenvalue weighted by molar-refractivity contribution is 9.10. The van der Waals surface area contributed by atoms with Gasteiger partial charge in [0.15, 0.2) is 0 Å². The Kier molecular flexibility index (Phi) is 4.82. The van der Waals surface area contributed by atoms with E-state index in [1.807, 2.05) is 0 Å². The summed E-state index contributed by atoms with van der Waals surface area (Å²) in [6, 6.07) is 9.09. The molecule has 0 spiro atoms. The summed E-state index contributed by atoms with van der Waals surface area (Å²) in [6.45, 7) is 6.25. The Bertz CT molecular complexity index is 379. The first-order valence-electron chi connectivity index (χ1n) is 6.73. The van der Waals surface area contributed by atoms with Crippen LogP contribution in [0.4, 0.5) is 0 Å². The second-order valence-corrected chi connectivity index (χ2v) is 6.26. The molecule has 0 aliphatic carbocycles. The van der Waals surface area contributed by atoms with E-state index in [2.05, 4.69) is 59.4 Å². The molecular weight excluding hydrogens is 290 g/mol. The van der Waals surface area contributed by atoms with Gasteiger partial charge >= 0.3 is 0 Å². The van der Waals surface area contributed by atoms with Crippen molar-refractivity contribution in [1.82, 2.24) is 5.32 Å². The zero-order chi connectivity index (χ0) is 13.0. The van der Waals surface area contributed by atoms with Crippen LogP contribution >= 0.6 is 15.9 Å². The summed E-state index contributed by atoms with van der Waals surface area (Å²) in [5.74, 6) is 0. The molecule has 1 N–H and O–H groups in total. The van der Waals surface area contributed by atoms with Crippen LogP contribution in [-0.2, 0) is 11.3 Å². The largest absolute Gasteiger partial charge is 0.375 e. The third-order valence-corrected chi connectivity index (χ3v) is 4.38. The average molecular weight is 312 g/mol. The van der Waals surface area contributed by atoms with Crippen molar-refractivity contribution in [1.29, 1.82) is 0 Å². The van der Waals surface area contributed by atoms with Gasteiger partial charge in [-0.2, -0.15) is 0 Å². The maximum absolute atomic E-state index is 5.87. The summed E-state index contributed by atoms with van der Waals surface area (Å²) in [5.41, 5.74) is 1.40. The molecule has 1 heterocycles. The van der Waals surface area contributed by atoms with Crippen molar-refractivity contribution in [2.24, 2.45) is 0 Å². The Morgan fingerprint density at radius 1 is 1.39 bits per heavy atom. The fourth-order valence-electron chi connectivity index (χ4n) is 2.41. The SMILES string of the molecule is CCC1(C)CC(NCc2ccc(Br)cc2)CCO1. The Labute approximate surface area is 118 Å². The molecule has 0 radical (unpaired) electrons. The third kappa shape index (κ3) is 3.81. The standard InChI is InChI=1S/C15H22BrNO/c1-3-15(2)10-14(8-9-18-15)17-11-12-4-6-13(16)7-5-12/h4-7,14,17H,3,8-11H2,1-2H3. The first kappa shape index (κ1) is 14.0. The van der Waals surface area contributed by atoms with Gasteiger partial charge in [0.1, 0.15) is 0 Å². The Hall–Kier alpha value is -0.380. The lowest BCUT2D eigenvalue weighted by atomic mass is 9.90. The number of benzene rings is 1. The maximum Gasteiger partial charge on any atom is 0.0666 e. The summed E-state index contributed by atoms with van der Waals surface area (Å²) >= 11 is 3.46. The van der Waals surface area contributed by atoms with Crippen molar-refractivity contribution < 1.29 is 4.74 Å². The van der Waals surface area contributed by atoms with Gasteiger partial charge in [0, 0.05) is 23.7 Å². The molecule has 0 saturated carbocycles.